The highest BCUT2D eigenvalue weighted by Crippen LogP contribution is 2.32. The van der Waals surface area contributed by atoms with Crippen molar-refractivity contribution in [3.63, 3.8) is 0 Å². The van der Waals surface area contributed by atoms with E-state index in [-0.39, 0.29) is 29.3 Å². The minimum absolute atomic E-state index is 0.00206. The molecule has 3 heterocycles. The fourth-order valence-electron chi connectivity index (χ4n) is 5.10. The van der Waals surface area contributed by atoms with Gasteiger partial charge in [-0.25, -0.2) is 15.0 Å². The molecule has 1 aliphatic heterocycles. The van der Waals surface area contributed by atoms with Crippen molar-refractivity contribution in [3.05, 3.63) is 12.7 Å². The first-order valence-corrected chi connectivity index (χ1v) is 15.2. The van der Waals surface area contributed by atoms with Gasteiger partial charge in [-0.2, -0.15) is 0 Å². The number of Topliss-reactive ketones (excluding diaryl/α,β-unsaturated/α-hetero) is 3. The molecule has 2 aromatic heterocycles. The van der Waals surface area contributed by atoms with Gasteiger partial charge in [0, 0.05) is 12.8 Å². The van der Waals surface area contributed by atoms with Crippen LogP contribution in [0.2, 0.25) is 0 Å². The van der Waals surface area contributed by atoms with Gasteiger partial charge in [0.15, 0.2) is 23.2 Å². The summed E-state index contributed by atoms with van der Waals surface area (Å²) in [4.78, 5) is 72.1. The minimum atomic E-state index is -1.52. The predicted molar refractivity (Wildman–Crippen MR) is 156 cm³/mol. The number of nitrogens with zero attached hydrogens (tertiary/aromatic N) is 4. The maximum absolute atomic E-state index is 12.5. The van der Waals surface area contributed by atoms with Crippen molar-refractivity contribution < 1.29 is 44.0 Å². The van der Waals surface area contributed by atoms with E-state index in [0.29, 0.717) is 12.8 Å². The molecule has 1 aliphatic rings. The van der Waals surface area contributed by atoms with Crippen molar-refractivity contribution in [2.75, 3.05) is 11.9 Å². The number of rotatable bonds is 21. The van der Waals surface area contributed by atoms with Crippen LogP contribution in [0.3, 0.4) is 0 Å². The van der Waals surface area contributed by atoms with E-state index < -0.39 is 54.4 Å². The predicted octanol–water partition coefficient (Wildman–Crippen LogP) is 1.03. The number of anilines is 1. The highest BCUT2D eigenvalue weighted by molar-refractivity contribution is 6.79. The normalized spacial score (nSPS) is 19.7. The molecule has 0 unspecified atom stereocenters. The number of nitrogens with one attached hydrogen (secondary N) is 1. The third kappa shape index (κ3) is 9.67. The molecule has 0 saturated carbocycles. The van der Waals surface area contributed by atoms with Crippen molar-refractivity contribution in [1.29, 1.82) is 0 Å². The average Bonchev–Trinajstić information content (AvgIpc) is 3.56. The number of nitrogens with two attached hydrogens (primary N) is 1. The number of unbranched alkanes of at least 4 members (excludes halogenated alkanes) is 11. The molecule has 2 aromatic rings. The van der Waals surface area contributed by atoms with Crippen LogP contribution in [-0.4, -0.2) is 88.9 Å². The summed E-state index contributed by atoms with van der Waals surface area (Å²) in [5.74, 6) is -5.65. The van der Waals surface area contributed by atoms with E-state index in [2.05, 4.69) is 20.3 Å². The largest absolute Gasteiger partial charge is 0.394 e. The van der Waals surface area contributed by atoms with Gasteiger partial charge in [0.25, 0.3) is 11.6 Å². The monoisotopic (exact) mass is 618 g/mol. The van der Waals surface area contributed by atoms with Crippen molar-refractivity contribution >= 4 is 46.1 Å². The molecule has 242 valence electrons. The second-order valence-corrected chi connectivity index (χ2v) is 11.0. The van der Waals surface area contributed by atoms with Gasteiger partial charge >= 0.3 is 5.91 Å². The lowest BCUT2D eigenvalue weighted by molar-refractivity contribution is -0.147. The van der Waals surface area contributed by atoms with E-state index in [0.717, 1.165) is 77.0 Å². The van der Waals surface area contributed by atoms with E-state index in [1.807, 2.05) is 0 Å². The molecule has 1 saturated heterocycles. The van der Waals surface area contributed by atoms with Crippen LogP contribution in [-0.2, 0) is 28.7 Å². The van der Waals surface area contributed by atoms with E-state index >= 15 is 0 Å². The zero-order valence-corrected chi connectivity index (χ0v) is 24.7. The number of ether oxygens (including phenoxy) is 1. The van der Waals surface area contributed by atoms with Gasteiger partial charge in [-0.05, 0) is 12.8 Å². The molecule has 0 aromatic carbocycles. The van der Waals surface area contributed by atoms with Crippen molar-refractivity contribution in [3.8, 4) is 0 Å². The first-order chi connectivity index (χ1) is 21.1. The first kappa shape index (κ1) is 34.8. The number of carbonyl (C=O) groups excluding carboxylic acids is 5. The number of imidazole rings is 1. The van der Waals surface area contributed by atoms with Crippen LogP contribution < -0.4 is 11.1 Å². The smallest absolute Gasteiger partial charge is 0.301 e. The summed E-state index contributed by atoms with van der Waals surface area (Å²) < 4.78 is 6.75. The Bertz CT molecular complexity index is 1300. The van der Waals surface area contributed by atoms with Crippen LogP contribution in [0.1, 0.15) is 96.1 Å². The van der Waals surface area contributed by atoms with Crippen LogP contribution in [0.5, 0.6) is 0 Å². The highest BCUT2D eigenvalue weighted by Gasteiger charge is 2.44. The molecule has 0 spiro atoms. The highest BCUT2D eigenvalue weighted by atomic mass is 16.6. The van der Waals surface area contributed by atoms with Gasteiger partial charge in [0.1, 0.15) is 24.6 Å². The number of hydrogen-bond donors (Lipinski definition) is 5. The lowest BCUT2D eigenvalue weighted by Gasteiger charge is -2.16. The molecule has 44 heavy (non-hydrogen) atoms. The Labute approximate surface area is 254 Å². The number of ketones is 3. The van der Waals surface area contributed by atoms with Gasteiger partial charge in [0.2, 0.25) is 11.7 Å². The standard InChI is InChI=1S/C29H42N6O9/c30-20(38)14-12-10-8-6-4-2-1-3-5-7-9-11-13-18(37)22(39)24(41)28(43)34-26-21-27(32-16-31-26)35(17-33-21)29-25(42)23(40)19(15-36)44-29/h16-17,19,23,25,29,36,40,42H,1-15H2,(H2,30,38)(H,31,32,34,43)/t19-,23-,25-,29-/m1/s1. The zero-order valence-electron chi connectivity index (χ0n) is 24.7. The second kappa shape index (κ2) is 17.6. The summed E-state index contributed by atoms with van der Waals surface area (Å²) in [5, 5.41) is 31.8. The Morgan fingerprint density at radius 3 is 1.91 bits per heavy atom. The molecule has 0 radical (unpaired) electrons. The number of amides is 2. The Morgan fingerprint density at radius 2 is 1.36 bits per heavy atom. The molecule has 0 bridgehead atoms. The molecule has 0 aliphatic carbocycles. The Kier molecular flexibility index (Phi) is 13.9. The fourth-order valence-corrected chi connectivity index (χ4v) is 5.10. The summed E-state index contributed by atoms with van der Waals surface area (Å²) in [7, 11) is 0. The Balaban J connectivity index is 1.35. The number of fused-ring (bicyclic) bond motifs is 1. The molecule has 2 amide bonds. The number of aliphatic hydroxyl groups is 3. The van der Waals surface area contributed by atoms with E-state index in [9.17, 15) is 39.3 Å². The number of primary amides is 1. The quantitative estimate of drug-likeness (QED) is 0.0749. The van der Waals surface area contributed by atoms with E-state index in [1.54, 1.807) is 0 Å². The molecule has 15 nitrogen and oxygen atoms in total. The van der Waals surface area contributed by atoms with E-state index in [1.165, 1.54) is 10.9 Å². The van der Waals surface area contributed by atoms with Crippen molar-refractivity contribution in [1.82, 2.24) is 19.5 Å². The van der Waals surface area contributed by atoms with Crippen LogP contribution in [0.15, 0.2) is 12.7 Å². The second-order valence-electron chi connectivity index (χ2n) is 11.0. The van der Waals surface area contributed by atoms with Crippen LogP contribution >= 0.6 is 0 Å². The molecule has 3 rings (SSSR count). The van der Waals surface area contributed by atoms with Crippen molar-refractivity contribution in [2.24, 2.45) is 5.73 Å². The van der Waals surface area contributed by atoms with Gasteiger partial charge in [-0.15, -0.1) is 0 Å². The number of aliphatic hydroxyl groups excluding tert-OH is 3. The van der Waals surface area contributed by atoms with Gasteiger partial charge < -0.3 is 31.1 Å². The maximum atomic E-state index is 12.5. The lowest BCUT2D eigenvalue weighted by atomic mass is 10.0. The topological polar surface area (TPSA) is 237 Å². The summed E-state index contributed by atoms with van der Waals surface area (Å²) in [6, 6.07) is 0. The molecule has 1 fully saturated rings. The van der Waals surface area contributed by atoms with Crippen molar-refractivity contribution in [2.45, 2.75) is 114 Å². The zero-order chi connectivity index (χ0) is 32.1. The summed E-state index contributed by atoms with van der Waals surface area (Å²) >= 11 is 0. The molecule has 6 N–H and O–H groups in total. The summed E-state index contributed by atoms with van der Waals surface area (Å²) in [5.41, 5.74) is 5.20. The van der Waals surface area contributed by atoms with Crippen LogP contribution in [0.25, 0.3) is 11.2 Å². The SMILES string of the molecule is NC(=O)CCCCCCCCCCCCCCC(=O)C(=O)C(=O)C(=O)Nc1ncnc2c1ncn2[C@@H]1O[C@H](CO)[C@@H](O)[C@H]1O. The van der Waals surface area contributed by atoms with Crippen LogP contribution in [0, 0.1) is 0 Å². The lowest BCUT2D eigenvalue weighted by Crippen LogP contribution is -2.34. The molecule has 4 atom stereocenters. The number of aromatic nitrogens is 4. The summed E-state index contributed by atoms with van der Waals surface area (Å²) in [6.07, 6.45) is 9.42. The van der Waals surface area contributed by atoms with Gasteiger partial charge in [0.05, 0.1) is 12.9 Å². The fraction of sp³-hybridized carbons (Fsp3) is 0.655. The third-order valence-electron chi connectivity index (χ3n) is 7.62. The summed E-state index contributed by atoms with van der Waals surface area (Å²) in [6.45, 7) is -0.531. The Morgan fingerprint density at radius 1 is 0.795 bits per heavy atom. The Hall–Kier alpha value is -3.66. The average molecular weight is 619 g/mol. The number of hydrogen-bond acceptors (Lipinski definition) is 12. The van der Waals surface area contributed by atoms with Crippen LogP contribution in [0.4, 0.5) is 5.82 Å². The maximum Gasteiger partial charge on any atom is 0.301 e. The molecule has 15 heteroatoms. The molecular weight excluding hydrogens is 576 g/mol. The minimum Gasteiger partial charge on any atom is -0.394 e. The van der Waals surface area contributed by atoms with Gasteiger partial charge in [-0.1, -0.05) is 64.2 Å². The number of carbonyl (C=O) groups is 5. The van der Waals surface area contributed by atoms with Gasteiger partial charge in [-0.3, -0.25) is 28.5 Å². The third-order valence-corrected chi connectivity index (χ3v) is 7.62. The molecular formula is C29H42N6O9. The van der Waals surface area contributed by atoms with E-state index in [4.69, 9.17) is 10.5 Å². The first-order valence-electron chi connectivity index (χ1n) is 15.2.